The average Bonchev–Trinajstić information content (AvgIpc) is 2.99. The number of nitrogen functional groups attached to an aromatic ring is 1. The van der Waals surface area contributed by atoms with Crippen LogP contribution in [-0.2, 0) is 0 Å². The Bertz CT molecular complexity index is 887. The number of anilines is 1. The number of likely N-dealkylation sites (tertiary alicyclic amines) is 1. The minimum Gasteiger partial charge on any atom is -0.396 e. The van der Waals surface area contributed by atoms with Crippen LogP contribution >= 0.6 is 11.3 Å². The van der Waals surface area contributed by atoms with Crippen molar-refractivity contribution in [2.24, 2.45) is 0 Å². The monoisotopic (exact) mass is 339 g/mol. The lowest BCUT2D eigenvalue weighted by Gasteiger charge is -2.26. The van der Waals surface area contributed by atoms with Gasteiger partial charge in [-0.2, -0.15) is 0 Å². The summed E-state index contributed by atoms with van der Waals surface area (Å²) < 4.78 is 0. The van der Waals surface area contributed by atoms with E-state index in [0.717, 1.165) is 37.2 Å². The molecular formula is C17H17N5OS. The molecule has 0 aliphatic carbocycles. The van der Waals surface area contributed by atoms with E-state index < -0.39 is 0 Å². The average molecular weight is 339 g/mol. The Kier molecular flexibility index (Phi) is 3.86. The van der Waals surface area contributed by atoms with Crippen molar-refractivity contribution in [3.05, 3.63) is 35.6 Å². The highest BCUT2D eigenvalue weighted by Gasteiger charge is 2.24. The molecule has 122 valence electrons. The zero-order chi connectivity index (χ0) is 16.5. The lowest BCUT2D eigenvalue weighted by Crippen LogP contribution is -2.35. The van der Waals surface area contributed by atoms with Crippen LogP contribution in [0.2, 0.25) is 0 Å². The summed E-state index contributed by atoms with van der Waals surface area (Å²) in [5.41, 5.74) is 8.85. The molecule has 1 fully saturated rings. The van der Waals surface area contributed by atoms with Gasteiger partial charge in [-0.3, -0.25) is 9.78 Å². The van der Waals surface area contributed by atoms with Crippen LogP contribution in [0.15, 0.2) is 30.7 Å². The number of hydrogen-bond acceptors (Lipinski definition) is 6. The molecule has 0 saturated carbocycles. The van der Waals surface area contributed by atoms with Crippen molar-refractivity contribution < 1.29 is 4.79 Å². The molecule has 0 unspecified atom stereocenters. The zero-order valence-corrected chi connectivity index (χ0v) is 13.9. The standard InChI is InChI=1S/C17H17N5OS/c18-13-14-16(21-12(10-20-14)11-5-4-6-19-9-11)24-15(13)17(23)22-7-2-1-3-8-22/h4-6,9-10H,1-3,7-8,18H2. The SMILES string of the molecule is Nc1c(C(=O)N2CCCCC2)sc2nc(-c3cccnc3)cnc12. The maximum absolute atomic E-state index is 12.7. The van der Waals surface area contributed by atoms with Crippen molar-refractivity contribution >= 4 is 33.3 Å². The number of aromatic nitrogens is 3. The largest absolute Gasteiger partial charge is 0.396 e. The summed E-state index contributed by atoms with van der Waals surface area (Å²) in [6.45, 7) is 1.60. The van der Waals surface area contributed by atoms with Gasteiger partial charge < -0.3 is 10.6 Å². The van der Waals surface area contributed by atoms with E-state index in [2.05, 4.69) is 15.0 Å². The first-order valence-corrected chi connectivity index (χ1v) is 8.80. The van der Waals surface area contributed by atoms with E-state index >= 15 is 0 Å². The Morgan fingerprint density at radius 1 is 1.21 bits per heavy atom. The molecule has 0 bridgehead atoms. The van der Waals surface area contributed by atoms with Crippen LogP contribution < -0.4 is 5.73 Å². The molecule has 24 heavy (non-hydrogen) atoms. The number of amides is 1. The Morgan fingerprint density at radius 3 is 2.79 bits per heavy atom. The number of nitrogens with two attached hydrogens (primary N) is 1. The van der Waals surface area contributed by atoms with E-state index in [0.29, 0.717) is 20.9 Å². The van der Waals surface area contributed by atoms with Gasteiger partial charge in [-0.15, -0.1) is 11.3 Å². The number of hydrogen-bond donors (Lipinski definition) is 1. The summed E-state index contributed by atoms with van der Waals surface area (Å²) in [6, 6.07) is 3.79. The van der Waals surface area contributed by atoms with Gasteiger partial charge in [-0.05, 0) is 31.4 Å². The van der Waals surface area contributed by atoms with Crippen LogP contribution in [0.25, 0.3) is 21.6 Å². The Labute approximate surface area is 143 Å². The Morgan fingerprint density at radius 2 is 2.04 bits per heavy atom. The summed E-state index contributed by atoms with van der Waals surface area (Å²) in [5, 5.41) is 0. The zero-order valence-electron chi connectivity index (χ0n) is 13.1. The number of fused-ring (bicyclic) bond motifs is 1. The first-order valence-electron chi connectivity index (χ1n) is 7.99. The first-order chi connectivity index (χ1) is 11.7. The third-order valence-electron chi connectivity index (χ3n) is 4.23. The van der Waals surface area contributed by atoms with E-state index in [1.165, 1.54) is 17.8 Å². The van der Waals surface area contributed by atoms with E-state index in [-0.39, 0.29) is 5.91 Å². The van der Waals surface area contributed by atoms with Gasteiger partial charge in [0.15, 0.2) is 0 Å². The minimum absolute atomic E-state index is 0.0000669. The summed E-state index contributed by atoms with van der Waals surface area (Å²) in [5.74, 6) is -0.0000669. The van der Waals surface area contributed by atoms with Crippen LogP contribution in [-0.4, -0.2) is 38.8 Å². The van der Waals surface area contributed by atoms with Gasteiger partial charge in [0.25, 0.3) is 5.91 Å². The van der Waals surface area contributed by atoms with Crippen molar-refractivity contribution in [1.29, 1.82) is 0 Å². The topological polar surface area (TPSA) is 85.0 Å². The maximum Gasteiger partial charge on any atom is 0.266 e. The third-order valence-corrected chi connectivity index (χ3v) is 5.31. The predicted molar refractivity (Wildman–Crippen MR) is 94.8 cm³/mol. The minimum atomic E-state index is -0.0000669. The molecule has 1 saturated heterocycles. The fourth-order valence-electron chi connectivity index (χ4n) is 2.94. The molecule has 7 heteroatoms. The second-order valence-corrected chi connectivity index (χ2v) is 6.85. The highest BCUT2D eigenvalue weighted by atomic mass is 32.1. The molecule has 0 spiro atoms. The summed E-state index contributed by atoms with van der Waals surface area (Å²) >= 11 is 1.32. The third kappa shape index (κ3) is 2.60. The normalized spacial score (nSPS) is 14.9. The first kappa shape index (κ1) is 15.0. The van der Waals surface area contributed by atoms with Crippen molar-refractivity contribution in [2.45, 2.75) is 19.3 Å². The van der Waals surface area contributed by atoms with Gasteiger partial charge in [-0.25, -0.2) is 9.97 Å². The molecule has 0 aromatic carbocycles. The smallest absolute Gasteiger partial charge is 0.266 e. The van der Waals surface area contributed by atoms with E-state index in [1.807, 2.05) is 17.0 Å². The van der Waals surface area contributed by atoms with Crippen molar-refractivity contribution in [2.75, 3.05) is 18.8 Å². The highest BCUT2D eigenvalue weighted by molar-refractivity contribution is 7.21. The Balaban J connectivity index is 1.73. The van der Waals surface area contributed by atoms with Crippen LogP contribution in [0.3, 0.4) is 0 Å². The van der Waals surface area contributed by atoms with Gasteiger partial charge in [0.2, 0.25) is 0 Å². The molecule has 2 N–H and O–H groups in total. The van der Waals surface area contributed by atoms with Gasteiger partial charge in [0.1, 0.15) is 15.2 Å². The van der Waals surface area contributed by atoms with Crippen LogP contribution in [0.1, 0.15) is 28.9 Å². The molecule has 4 rings (SSSR count). The Hall–Kier alpha value is -2.54. The summed E-state index contributed by atoms with van der Waals surface area (Å²) in [7, 11) is 0. The van der Waals surface area contributed by atoms with Crippen LogP contribution in [0.4, 0.5) is 5.69 Å². The van der Waals surface area contributed by atoms with Gasteiger partial charge in [-0.1, -0.05) is 0 Å². The summed E-state index contributed by atoms with van der Waals surface area (Å²) in [6.07, 6.45) is 8.43. The molecule has 6 nitrogen and oxygen atoms in total. The van der Waals surface area contributed by atoms with E-state index in [1.54, 1.807) is 18.6 Å². The second kappa shape index (κ2) is 6.16. The highest BCUT2D eigenvalue weighted by Crippen LogP contribution is 2.33. The van der Waals surface area contributed by atoms with Crippen molar-refractivity contribution in [1.82, 2.24) is 19.9 Å². The van der Waals surface area contributed by atoms with Gasteiger partial charge in [0.05, 0.1) is 17.6 Å². The lowest BCUT2D eigenvalue weighted by atomic mass is 10.1. The predicted octanol–water partition coefficient (Wildman–Crippen LogP) is 2.96. The number of thiophene rings is 1. The molecule has 0 radical (unpaired) electrons. The van der Waals surface area contributed by atoms with Gasteiger partial charge in [0, 0.05) is 31.0 Å². The molecular weight excluding hydrogens is 322 g/mol. The molecule has 4 heterocycles. The molecule has 1 aliphatic heterocycles. The number of pyridine rings is 1. The molecule has 1 aliphatic rings. The number of piperidine rings is 1. The van der Waals surface area contributed by atoms with Crippen LogP contribution in [0.5, 0.6) is 0 Å². The second-order valence-electron chi connectivity index (χ2n) is 5.85. The summed E-state index contributed by atoms with van der Waals surface area (Å²) in [4.78, 5) is 29.0. The van der Waals surface area contributed by atoms with E-state index in [4.69, 9.17) is 5.73 Å². The molecule has 3 aromatic rings. The molecule has 1 amide bonds. The number of carbonyl (C=O) groups is 1. The van der Waals surface area contributed by atoms with E-state index in [9.17, 15) is 4.79 Å². The van der Waals surface area contributed by atoms with Gasteiger partial charge >= 0.3 is 0 Å². The maximum atomic E-state index is 12.7. The van der Waals surface area contributed by atoms with Crippen molar-refractivity contribution in [3.8, 4) is 11.3 Å². The number of carbonyl (C=O) groups excluding carboxylic acids is 1. The molecule has 3 aromatic heterocycles. The van der Waals surface area contributed by atoms with Crippen LogP contribution in [0, 0.1) is 0 Å². The number of nitrogens with zero attached hydrogens (tertiary/aromatic N) is 4. The molecule has 0 atom stereocenters. The fraction of sp³-hybridized carbons (Fsp3) is 0.294. The fourth-order valence-corrected chi connectivity index (χ4v) is 3.96. The number of rotatable bonds is 2. The van der Waals surface area contributed by atoms with Crippen molar-refractivity contribution in [3.63, 3.8) is 0 Å². The lowest BCUT2D eigenvalue weighted by molar-refractivity contribution is 0.0730. The quantitative estimate of drug-likeness (QED) is 0.776.